The molecule has 2 N–H and O–H groups in total. The topological polar surface area (TPSA) is 103 Å². The molecule has 0 spiro atoms. The molecule has 0 bridgehead atoms. The monoisotopic (exact) mass is 247 g/mol. The molecule has 0 saturated heterocycles. The fraction of sp³-hybridized carbons (Fsp3) is 0.286. The average Bonchev–Trinajstić information content (AvgIpc) is 2.15. The number of hydrogen-bond donors (Lipinski definition) is 1. The van der Waals surface area contributed by atoms with Crippen LogP contribution in [0.4, 0.5) is 0 Å². The lowest BCUT2D eigenvalue weighted by Gasteiger charge is -2.04. The molecule has 0 aromatic carbocycles. The molecule has 1 heterocycles. The summed E-state index contributed by atoms with van der Waals surface area (Å²) < 4.78 is 22.6. The molecule has 0 fully saturated rings. The van der Waals surface area contributed by atoms with Gasteiger partial charge in [-0.2, -0.15) is 0 Å². The smallest absolute Gasteiger partial charge is 0.253 e. The zero-order chi connectivity index (χ0) is 11.6. The van der Waals surface area contributed by atoms with Crippen molar-refractivity contribution >= 4 is 27.5 Å². The van der Waals surface area contributed by atoms with Gasteiger partial charge < -0.3 is 5.73 Å². The van der Waals surface area contributed by atoms with E-state index in [1.54, 1.807) is 6.26 Å². The van der Waals surface area contributed by atoms with Gasteiger partial charge in [-0.15, -0.1) is 0 Å². The molecule has 1 amide bonds. The number of carbonyl (C=O) groups excluding carboxylic acids is 1. The second kappa shape index (κ2) is 4.15. The third-order valence-electron chi connectivity index (χ3n) is 1.53. The third kappa shape index (κ3) is 2.66. The number of hydrogen-bond acceptors (Lipinski definition) is 6. The second-order valence-corrected chi connectivity index (χ2v) is 5.42. The number of sulfone groups is 1. The Morgan fingerprint density at radius 3 is 2.53 bits per heavy atom. The fourth-order valence-electron chi connectivity index (χ4n) is 0.901. The van der Waals surface area contributed by atoms with E-state index in [4.69, 9.17) is 5.73 Å². The predicted octanol–water partition coefficient (Wildman–Crippen LogP) is -0.299. The van der Waals surface area contributed by atoms with E-state index >= 15 is 0 Å². The molecular weight excluding hydrogens is 238 g/mol. The second-order valence-electron chi connectivity index (χ2n) is 2.71. The highest BCUT2D eigenvalue weighted by molar-refractivity contribution is 7.98. The first-order valence-electron chi connectivity index (χ1n) is 3.77. The number of aromatic nitrogens is 2. The summed E-state index contributed by atoms with van der Waals surface area (Å²) in [6.07, 6.45) is 3.79. The van der Waals surface area contributed by atoms with E-state index < -0.39 is 15.7 Å². The van der Waals surface area contributed by atoms with Crippen molar-refractivity contribution in [3.8, 4) is 0 Å². The van der Waals surface area contributed by atoms with Gasteiger partial charge in [0.15, 0.2) is 20.0 Å². The number of thioether (sulfide) groups is 1. The largest absolute Gasteiger partial charge is 0.365 e. The molecule has 15 heavy (non-hydrogen) atoms. The molecular formula is C7H9N3O3S2. The van der Waals surface area contributed by atoms with Crippen LogP contribution in [0.5, 0.6) is 0 Å². The van der Waals surface area contributed by atoms with Gasteiger partial charge in [-0.05, 0) is 6.26 Å². The number of carbonyl (C=O) groups is 1. The molecule has 1 rings (SSSR count). The summed E-state index contributed by atoms with van der Waals surface area (Å²) in [6, 6.07) is 0. The minimum atomic E-state index is -3.58. The summed E-state index contributed by atoms with van der Waals surface area (Å²) in [5, 5.41) is -0.0465. The lowest BCUT2D eigenvalue weighted by molar-refractivity contribution is 0.0995. The highest BCUT2D eigenvalue weighted by Gasteiger charge is 2.20. The predicted molar refractivity (Wildman–Crippen MR) is 55.4 cm³/mol. The van der Waals surface area contributed by atoms with Gasteiger partial charge in [0.2, 0.25) is 0 Å². The molecule has 82 valence electrons. The minimum Gasteiger partial charge on any atom is -0.365 e. The van der Waals surface area contributed by atoms with Gasteiger partial charge in [-0.25, -0.2) is 18.4 Å². The summed E-state index contributed by atoms with van der Waals surface area (Å²) in [4.78, 5) is 18.5. The average molecular weight is 247 g/mol. The van der Waals surface area contributed by atoms with Gasteiger partial charge in [0.25, 0.3) is 5.91 Å². The maximum absolute atomic E-state index is 11.3. The summed E-state index contributed by atoms with van der Waals surface area (Å²) in [6.45, 7) is 0. The summed E-state index contributed by atoms with van der Waals surface area (Å²) in [5.41, 5.74) is 4.83. The SMILES string of the molecule is CSc1ncc(C(N)=O)c(S(C)(=O)=O)n1. The van der Waals surface area contributed by atoms with Crippen LogP contribution >= 0.6 is 11.8 Å². The van der Waals surface area contributed by atoms with Crippen LogP contribution in [0.3, 0.4) is 0 Å². The van der Waals surface area contributed by atoms with Crippen molar-refractivity contribution in [3.05, 3.63) is 11.8 Å². The Morgan fingerprint density at radius 1 is 1.53 bits per heavy atom. The van der Waals surface area contributed by atoms with Gasteiger partial charge in [0.05, 0.1) is 5.56 Å². The molecule has 1 aromatic rings. The van der Waals surface area contributed by atoms with Crippen LogP contribution in [-0.4, -0.2) is 36.8 Å². The standard InChI is InChI=1S/C7H9N3O3S2/c1-14-7-9-3-4(5(8)11)6(10-7)15(2,12)13/h3H,1-2H3,(H2,8,11). The number of rotatable bonds is 3. The van der Waals surface area contributed by atoms with E-state index in [9.17, 15) is 13.2 Å². The highest BCUT2D eigenvalue weighted by atomic mass is 32.2. The zero-order valence-corrected chi connectivity index (χ0v) is 9.72. The Morgan fingerprint density at radius 2 is 2.13 bits per heavy atom. The van der Waals surface area contributed by atoms with Crippen LogP contribution in [0.15, 0.2) is 16.4 Å². The molecule has 0 aliphatic carbocycles. The van der Waals surface area contributed by atoms with Crippen molar-refractivity contribution < 1.29 is 13.2 Å². The van der Waals surface area contributed by atoms with E-state index in [2.05, 4.69) is 9.97 Å². The molecule has 8 heteroatoms. The van der Waals surface area contributed by atoms with E-state index in [0.717, 1.165) is 12.5 Å². The normalized spacial score (nSPS) is 11.3. The van der Waals surface area contributed by atoms with Crippen LogP contribution in [0.2, 0.25) is 0 Å². The molecule has 0 aliphatic rings. The molecule has 0 unspecified atom stereocenters. The lowest BCUT2D eigenvalue weighted by atomic mass is 10.3. The Balaban J connectivity index is 3.50. The van der Waals surface area contributed by atoms with Gasteiger partial charge in [0, 0.05) is 12.5 Å². The van der Waals surface area contributed by atoms with E-state index in [1.807, 2.05) is 0 Å². The maximum atomic E-state index is 11.3. The van der Waals surface area contributed by atoms with Crippen molar-refractivity contribution in [3.63, 3.8) is 0 Å². The van der Waals surface area contributed by atoms with Gasteiger partial charge >= 0.3 is 0 Å². The summed E-state index contributed by atoms with van der Waals surface area (Å²) in [5.74, 6) is -0.858. The van der Waals surface area contributed by atoms with Gasteiger partial charge in [-0.1, -0.05) is 11.8 Å². The Hall–Kier alpha value is -1.15. The molecule has 6 nitrogen and oxygen atoms in total. The zero-order valence-electron chi connectivity index (χ0n) is 8.09. The van der Waals surface area contributed by atoms with Gasteiger partial charge in [0.1, 0.15) is 0 Å². The van der Waals surface area contributed by atoms with Crippen molar-refractivity contribution in [1.82, 2.24) is 9.97 Å². The molecule has 0 atom stereocenters. The van der Waals surface area contributed by atoms with E-state index in [-0.39, 0.29) is 15.7 Å². The number of amides is 1. The summed E-state index contributed by atoms with van der Waals surface area (Å²) >= 11 is 1.18. The van der Waals surface area contributed by atoms with Crippen LogP contribution in [0.1, 0.15) is 10.4 Å². The Kier molecular flexibility index (Phi) is 3.30. The number of nitrogens with zero attached hydrogens (tertiary/aromatic N) is 2. The van der Waals surface area contributed by atoms with Crippen LogP contribution in [0.25, 0.3) is 0 Å². The highest BCUT2D eigenvalue weighted by Crippen LogP contribution is 2.15. The molecule has 0 aliphatic heterocycles. The van der Waals surface area contributed by atoms with E-state index in [1.165, 1.54) is 11.8 Å². The minimum absolute atomic E-state index is 0.185. The van der Waals surface area contributed by atoms with Crippen molar-refractivity contribution in [2.24, 2.45) is 5.73 Å². The van der Waals surface area contributed by atoms with Crippen LogP contribution in [-0.2, 0) is 9.84 Å². The van der Waals surface area contributed by atoms with Crippen molar-refractivity contribution in [2.75, 3.05) is 12.5 Å². The van der Waals surface area contributed by atoms with Crippen LogP contribution in [0, 0.1) is 0 Å². The number of nitrogens with two attached hydrogens (primary N) is 1. The number of primary amides is 1. The maximum Gasteiger partial charge on any atom is 0.253 e. The first kappa shape index (κ1) is 11.9. The van der Waals surface area contributed by atoms with Crippen molar-refractivity contribution in [1.29, 1.82) is 0 Å². The fourth-order valence-corrected chi connectivity index (χ4v) is 2.10. The summed E-state index contributed by atoms with van der Waals surface area (Å²) in [7, 11) is -3.58. The molecule has 1 aromatic heterocycles. The van der Waals surface area contributed by atoms with E-state index in [0.29, 0.717) is 0 Å². The Labute approximate surface area is 91.2 Å². The molecule has 0 saturated carbocycles. The first-order chi connectivity index (χ1) is 6.86. The Bertz CT molecular complexity index is 498. The van der Waals surface area contributed by atoms with Crippen LogP contribution < -0.4 is 5.73 Å². The van der Waals surface area contributed by atoms with Crippen molar-refractivity contribution in [2.45, 2.75) is 10.2 Å². The third-order valence-corrected chi connectivity index (χ3v) is 3.11. The first-order valence-corrected chi connectivity index (χ1v) is 6.88. The lowest BCUT2D eigenvalue weighted by Crippen LogP contribution is -2.18. The molecule has 0 radical (unpaired) electrons. The van der Waals surface area contributed by atoms with Gasteiger partial charge in [-0.3, -0.25) is 4.79 Å². The quantitative estimate of drug-likeness (QED) is 0.447.